The molecule has 8 nitrogen and oxygen atoms in total. The number of hydrogen-bond acceptors (Lipinski definition) is 5. The first-order valence-corrected chi connectivity index (χ1v) is 8.25. The molecule has 0 radical (unpaired) electrons. The van der Waals surface area contributed by atoms with Crippen LogP contribution in [0.2, 0.25) is 0 Å². The molecular weight excluding hydrogens is 388 g/mol. The smallest absolute Gasteiger partial charge is 0.387 e. The van der Waals surface area contributed by atoms with E-state index in [1.807, 2.05) is 0 Å². The molecule has 0 aliphatic rings. The van der Waals surface area contributed by atoms with Gasteiger partial charge in [-0.25, -0.2) is 0 Å². The van der Waals surface area contributed by atoms with Crippen molar-refractivity contribution in [2.24, 2.45) is 0 Å². The number of nitro groups is 1. The minimum Gasteiger partial charge on any atom is -0.497 e. The number of anilines is 1. The Kier molecular flexibility index (Phi) is 5.72. The molecule has 0 saturated carbocycles. The van der Waals surface area contributed by atoms with Crippen LogP contribution < -0.4 is 14.8 Å². The highest BCUT2D eigenvalue weighted by molar-refractivity contribution is 6.03. The molecule has 0 aliphatic carbocycles. The van der Waals surface area contributed by atoms with Crippen molar-refractivity contribution in [3.05, 3.63) is 70.5 Å². The highest BCUT2D eigenvalue weighted by Gasteiger charge is 2.17. The summed E-state index contributed by atoms with van der Waals surface area (Å²) in [5.41, 5.74) is 0.904. The normalized spacial score (nSPS) is 10.6. The van der Waals surface area contributed by atoms with Crippen LogP contribution in [0.25, 0.3) is 11.1 Å². The van der Waals surface area contributed by atoms with Crippen LogP contribution >= 0.6 is 0 Å². The Balaban J connectivity index is 1.90. The van der Waals surface area contributed by atoms with Crippen molar-refractivity contribution < 1.29 is 28.0 Å². The number of carbonyl (C=O) groups excluding carboxylic acids is 1. The second kappa shape index (κ2) is 8.38. The average molecular weight is 403 g/mol. The van der Waals surface area contributed by atoms with Gasteiger partial charge in [0.1, 0.15) is 17.2 Å². The van der Waals surface area contributed by atoms with Gasteiger partial charge in [-0.1, -0.05) is 12.1 Å². The molecule has 2 aromatic carbocycles. The zero-order chi connectivity index (χ0) is 21.0. The van der Waals surface area contributed by atoms with E-state index in [1.165, 1.54) is 25.3 Å². The Labute approximate surface area is 163 Å². The van der Waals surface area contributed by atoms with Gasteiger partial charge in [0.2, 0.25) is 0 Å². The molecule has 1 heterocycles. The second-order valence-corrected chi connectivity index (χ2v) is 5.80. The van der Waals surface area contributed by atoms with Crippen LogP contribution in [0, 0.1) is 10.1 Å². The number of aromatic nitrogens is 1. The zero-order valence-corrected chi connectivity index (χ0v) is 15.0. The lowest BCUT2D eigenvalue weighted by Gasteiger charge is -2.14. The van der Waals surface area contributed by atoms with Crippen LogP contribution in [-0.2, 0) is 0 Å². The summed E-state index contributed by atoms with van der Waals surface area (Å²) in [7, 11) is 1.50. The van der Waals surface area contributed by atoms with E-state index in [4.69, 9.17) is 4.74 Å². The zero-order valence-electron chi connectivity index (χ0n) is 15.0. The fourth-order valence-electron chi connectivity index (χ4n) is 2.62. The summed E-state index contributed by atoms with van der Waals surface area (Å²) in [6.45, 7) is -3.02. The molecule has 1 amide bonds. The van der Waals surface area contributed by atoms with Crippen molar-refractivity contribution in [1.82, 2.24) is 4.98 Å². The lowest BCUT2D eigenvalue weighted by molar-refractivity contribution is -0.384. The SMILES string of the molecule is COc1ccc(-c2cc(NC(=O)c3cc([N+](=O)[O-])c[nH]3)ccc2OC(F)F)cc1. The fourth-order valence-corrected chi connectivity index (χ4v) is 2.62. The van der Waals surface area contributed by atoms with Gasteiger partial charge in [0.05, 0.1) is 18.2 Å². The Morgan fingerprint density at radius 2 is 1.90 bits per heavy atom. The third kappa shape index (κ3) is 4.67. The molecule has 2 N–H and O–H groups in total. The molecule has 1 aromatic heterocycles. The molecule has 0 aliphatic heterocycles. The summed E-state index contributed by atoms with van der Waals surface area (Å²) in [4.78, 5) is 24.9. The summed E-state index contributed by atoms with van der Waals surface area (Å²) in [5, 5.41) is 13.3. The van der Waals surface area contributed by atoms with Gasteiger partial charge in [0, 0.05) is 17.3 Å². The molecule has 0 fully saturated rings. The van der Waals surface area contributed by atoms with E-state index in [-0.39, 0.29) is 17.1 Å². The number of benzene rings is 2. The van der Waals surface area contributed by atoms with Gasteiger partial charge in [-0.05, 0) is 35.9 Å². The molecule has 3 rings (SSSR count). The van der Waals surface area contributed by atoms with E-state index in [2.05, 4.69) is 15.0 Å². The molecule has 29 heavy (non-hydrogen) atoms. The van der Waals surface area contributed by atoms with E-state index in [0.717, 1.165) is 12.3 Å². The van der Waals surface area contributed by atoms with Gasteiger partial charge in [-0.2, -0.15) is 8.78 Å². The predicted octanol–water partition coefficient (Wildman–Crippen LogP) is 4.45. The maximum absolute atomic E-state index is 12.8. The molecule has 0 atom stereocenters. The third-order valence-corrected chi connectivity index (χ3v) is 3.98. The van der Waals surface area contributed by atoms with Gasteiger partial charge in [0.25, 0.3) is 11.6 Å². The molecule has 10 heteroatoms. The number of amides is 1. The van der Waals surface area contributed by atoms with Gasteiger partial charge in [-0.15, -0.1) is 0 Å². The number of ether oxygens (including phenoxy) is 2. The number of aromatic amines is 1. The number of nitrogens with zero attached hydrogens (tertiary/aromatic N) is 1. The lowest BCUT2D eigenvalue weighted by Crippen LogP contribution is -2.12. The number of nitrogens with one attached hydrogen (secondary N) is 2. The van der Waals surface area contributed by atoms with Crippen molar-refractivity contribution in [2.45, 2.75) is 6.61 Å². The van der Waals surface area contributed by atoms with Gasteiger partial charge >= 0.3 is 6.61 Å². The van der Waals surface area contributed by atoms with Gasteiger partial charge < -0.3 is 19.8 Å². The van der Waals surface area contributed by atoms with Crippen molar-refractivity contribution in [3.8, 4) is 22.6 Å². The van der Waals surface area contributed by atoms with Crippen LogP contribution in [0.1, 0.15) is 10.5 Å². The monoisotopic (exact) mass is 403 g/mol. The Hall–Kier alpha value is -3.95. The third-order valence-electron chi connectivity index (χ3n) is 3.98. The van der Waals surface area contributed by atoms with Crippen LogP contribution in [0.3, 0.4) is 0 Å². The van der Waals surface area contributed by atoms with Gasteiger partial charge in [-0.3, -0.25) is 14.9 Å². The highest BCUT2D eigenvalue weighted by Crippen LogP contribution is 2.34. The number of alkyl halides is 2. The van der Waals surface area contributed by atoms with Crippen LogP contribution in [0.5, 0.6) is 11.5 Å². The minimum absolute atomic E-state index is 0.0180. The molecule has 3 aromatic rings. The maximum atomic E-state index is 12.8. The van der Waals surface area contributed by atoms with Gasteiger partial charge in [0.15, 0.2) is 0 Å². The first kappa shape index (κ1) is 19.8. The predicted molar refractivity (Wildman–Crippen MR) is 100 cm³/mol. The largest absolute Gasteiger partial charge is 0.497 e. The van der Waals surface area contributed by atoms with Crippen molar-refractivity contribution >= 4 is 17.3 Å². The number of halogens is 2. The van der Waals surface area contributed by atoms with Crippen LogP contribution in [-0.4, -0.2) is 29.5 Å². The van der Waals surface area contributed by atoms with Crippen molar-refractivity contribution in [2.75, 3.05) is 12.4 Å². The number of methoxy groups -OCH3 is 1. The van der Waals surface area contributed by atoms with E-state index in [9.17, 15) is 23.7 Å². The van der Waals surface area contributed by atoms with Crippen LogP contribution in [0.15, 0.2) is 54.7 Å². The number of carbonyl (C=O) groups is 1. The summed E-state index contributed by atoms with van der Waals surface area (Å²) in [6.07, 6.45) is 1.09. The molecule has 150 valence electrons. The molecule has 0 spiro atoms. The average Bonchev–Trinajstić information content (AvgIpc) is 3.20. The molecule has 0 saturated heterocycles. The highest BCUT2D eigenvalue weighted by atomic mass is 19.3. The number of rotatable bonds is 7. The summed E-state index contributed by atoms with van der Waals surface area (Å²) in [5.74, 6) is -0.108. The Bertz CT molecular complexity index is 1030. The number of H-pyrrole nitrogens is 1. The quantitative estimate of drug-likeness (QED) is 0.448. The van der Waals surface area contributed by atoms with E-state index >= 15 is 0 Å². The summed E-state index contributed by atoms with van der Waals surface area (Å²) >= 11 is 0. The van der Waals surface area contributed by atoms with E-state index < -0.39 is 17.4 Å². The van der Waals surface area contributed by atoms with Crippen LogP contribution in [0.4, 0.5) is 20.2 Å². The topological polar surface area (TPSA) is 106 Å². The first-order chi connectivity index (χ1) is 13.9. The molecule has 0 bridgehead atoms. The van der Waals surface area contributed by atoms with Crippen molar-refractivity contribution in [1.29, 1.82) is 0 Å². The van der Waals surface area contributed by atoms with E-state index in [0.29, 0.717) is 22.6 Å². The Morgan fingerprint density at radius 3 is 2.48 bits per heavy atom. The number of hydrogen-bond donors (Lipinski definition) is 2. The minimum atomic E-state index is -3.02. The maximum Gasteiger partial charge on any atom is 0.387 e. The van der Waals surface area contributed by atoms with E-state index in [1.54, 1.807) is 24.3 Å². The summed E-state index contributed by atoms with van der Waals surface area (Å²) < 4.78 is 35.2. The fraction of sp³-hybridized carbons (Fsp3) is 0.105. The first-order valence-electron chi connectivity index (χ1n) is 8.25. The second-order valence-electron chi connectivity index (χ2n) is 5.80. The van der Waals surface area contributed by atoms with Crippen molar-refractivity contribution in [3.63, 3.8) is 0 Å². The molecule has 0 unspecified atom stereocenters. The standard InChI is InChI=1S/C19H15F2N3O5/c1-28-14-5-2-11(3-6-14)15-8-12(4-7-17(15)29-19(20)21)23-18(25)16-9-13(10-22-16)24(26)27/h2-10,19,22H,1H3,(H,23,25). The summed E-state index contributed by atoms with van der Waals surface area (Å²) in [6, 6.07) is 11.9. The molecular formula is C19H15F2N3O5. The lowest BCUT2D eigenvalue weighted by atomic mass is 10.0. The Morgan fingerprint density at radius 1 is 1.17 bits per heavy atom.